The maximum Gasteiger partial charge on any atom is 0.224 e. The predicted molar refractivity (Wildman–Crippen MR) is 59.0 cm³/mol. The fourth-order valence-corrected chi connectivity index (χ4v) is 1.45. The molecule has 0 aliphatic heterocycles. The zero-order chi connectivity index (χ0) is 14.6. The Bertz CT molecular complexity index is 460. The van der Waals surface area contributed by atoms with Crippen molar-refractivity contribution in [1.82, 2.24) is 0 Å². The van der Waals surface area contributed by atoms with Crippen molar-refractivity contribution in [1.29, 1.82) is 0 Å². The van der Waals surface area contributed by atoms with Gasteiger partial charge in [0.25, 0.3) is 0 Å². The van der Waals surface area contributed by atoms with Gasteiger partial charge in [-0.15, -0.1) is 0 Å². The third kappa shape index (κ3) is 3.42. The molecule has 0 saturated carbocycles. The molecule has 0 bridgehead atoms. The molecule has 19 heavy (non-hydrogen) atoms. The summed E-state index contributed by atoms with van der Waals surface area (Å²) >= 11 is 0. The van der Waals surface area contributed by atoms with Crippen LogP contribution in [-0.4, -0.2) is 5.91 Å². The van der Waals surface area contributed by atoms with Crippen LogP contribution in [0, 0.1) is 29.1 Å². The highest BCUT2D eigenvalue weighted by Gasteiger charge is 2.26. The van der Waals surface area contributed by atoms with E-state index in [9.17, 15) is 26.7 Å². The van der Waals surface area contributed by atoms with E-state index in [1.165, 1.54) is 0 Å². The van der Waals surface area contributed by atoms with Crippen LogP contribution in [0.4, 0.5) is 27.6 Å². The second kappa shape index (κ2) is 6.49. The zero-order valence-corrected chi connectivity index (χ0v) is 10.1. The number of anilines is 1. The molecule has 1 aromatic rings. The summed E-state index contributed by atoms with van der Waals surface area (Å²) in [6, 6.07) is 0. The minimum atomic E-state index is -2.25. The Morgan fingerprint density at radius 2 is 1.37 bits per heavy atom. The topological polar surface area (TPSA) is 29.1 Å². The molecule has 1 N–H and O–H groups in total. The summed E-state index contributed by atoms with van der Waals surface area (Å²) in [5.74, 6) is -11.3. The molecule has 0 aliphatic carbocycles. The second-order valence-corrected chi connectivity index (χ2v) is 3.95. The molecule has 0 heterocycles. The maximum atomic E-state index is 13.2. The van der Waals surface area contributed by atoms with Crippen molar-refractivity contribution in [3.63, 3.8) is 0 Å². The summed E-state index contributed by atoms with van der Waals surface area (Å²) in [7, 11) is 0. The number of hydrogen-bond acceptors (Lipinski definition) is 1. The Morgan fingerprint density at radius 1 is 0.895 bits per heavy atom. The van der Waals surface area contributed by atoms with Gasteiger partial charge >= 0.3 is 0 Å². The molecule has 0 aromatic heterocycles. The number of carbonyl (C=O) groups is 1. The largest absolute Gasteiger partial charge is 0.321 e. The number of halogens is 5. The predicted octanol–water partition coefficient (Wildman–Crippen LogP) is 3.90. The molecule has 0 saturated heterocycles. The second-order valence-electron chi connectivity index (χ2n) is 3.95. The third-order valence-electron chi connectivity index (χ3n) is 2.48. The first-order valence-corrected chi connectivity index (χ1v) is 5.71. The molecular formula is C12H12F5NO. The molecule has 0 spiro atoms. The van der Waals surface area contributed by atoms with E-state index in [4.69, 9.17) is 0 Å². The number of carbonyl (C=O) groups excluding carboxylic acids is 1. The van der Waals surface area contributed by atoms with Gasteiger partial charge in [-0.3, -0.25) is 4.79 Å². The average Bonchev–Trinajstić information content (AvgIpc) is 2.39. The van der Waals surface area contributed by atoms with Crippen LogP contribution in [0.2, 0.25) is 0 Å². The van der Waals surface area contributed by atoms with E-state index >= 15 is 0 Å². The van der Waals surface area contributed by atoms with E-state index in [-0.39, 0.29) is 6.42 Å². The Balaban J connectivity index is 2.93. The molecular weight excluding hydrogens is 269 g/mol. The molecule has 106 valence electrons. The van der Waals surface area contributed by atoms with Crippen LogP contribution in [-0.2, 0) is 4.79 Å². The van der Waals surface area contributed by atoms with E-state index in [0.717, 1.165) is 12.8 Å². The first kappa shape index (κ1) is 15.4. The van der Waals surface area contributed by atoms with Gasteiger partial charge in [-0.1, -0.05) is 19.8 Å². The lowest BCUT2D eigenvalue weighted by atomic mass is 10.2. The zero-order valence-electron chi connectivity index (χ0n) is 10.1. The smallest absolute Gasteiger partial charge is 0.224 e. The highest BCUT2D eigenvalue weighted by molar-refractivity contribution is 5.90. The molecule has 0 aliphatic rings. The maximum absolute atomic E-state index is 13.2. The van der Waals surface area contributed by atoms with Gasteiger partial charge in [0.2, 0.25) is 11.7 Å². The minimum Gasteiger partial charge on any atom is -0.321 e. The van der Waals surface area contributed by atoms with E-state index in [1.807, 2.05) is 6.92 Å². The van der Waals surface area contributed by atoms with Crippen LogP contribution in [0.25, 0.3) is 0 Å². The third-order valence-corrected chi connectivity index (χ3v) is 2.48. The van der Waals surface area contributed by atoms with Crippen molar-refractivity contribution in [3.8, 4) is 0 Å². The van der Waals surface area contributed by atoms with Crippen molar-refractivity contribution in [2.45, 2.75) is 32.6 Å². The van der Waals surface area contributed by atoms with Crippen LogP contribution in [0.1, 0.15) is 32.6 Å². The molecule has 1 rings (SSSR count). The van der Waals surface area contributed by atoms with Crippen molar-refractivity contribution in [2.24, 2.45) is 0 Å². The van der Waals surface area contributed by atoms with Gasteiger partial charge in [-0.25, -0.2) is 22.0 Å². The van der Waals surface area contributed by atoms with Crippen molar-refractivity contribution in [3.05, 3.63) is 29.1 Å². The number of hydrogen-bond donors (Lipinski definition) is 1. The van der Waals surface area contributed by atoms with Crippen LogP contribution in [0.5, 0.6) is 0 Å². The van der Waals surface area contributed by atoms with Gasteiger partial charge in [-0.05, 0) is 6.42 Å². The van der Waals surface area contributed by atoms with Crippen molar-refractivity contribution in [2.75, 3.05) is 5.32 Å². The SMILES string of the molecule is CCCCCC(=O)Nc1c(F)c(F)c(F)c(F)c1F. The molecule has 0 fully saturated rings. The van der Waals surface area contributed by atoms with Gasteiger partial charge < -0.3 is 5.32 Å². The van der Waals surface area contributed by atoms with Crippen LogP contribution in [0.15, 0.2) is 0 Å². The lowest BCUT2D eigenvalue weighted by molar-refractivity contribution is -0.116. The monoisotopic (exact) mass is 281 g/mol. The highest BCUT2D eigenvalue weighted by atomic mass is 19.2. The summed E-state index contributed by atoms with van der Waals surface area (Å²) < 4.78 is 64.9. The number of amides is 1. The number of rotatable bonds is 5. The molecule has 0 atom stereocenters. The summed E-state index contributed by atoms with van der Waals surface area (Å²) in [5, 5.41) is 1.71. The Morgan fingerprint density at radius 3 is 1.84 bits per heavy atom. The Hall–Kier alpha value is -1.66. The summed E-state index contributed by atoms with van der Waals surface area (Å²) in [5.41, 5.74) is -1.31. The standard InChI is InChI=1S/C12H12F5NO/c1-2-3-4-5-6(19)18-12-10(16)8(14)7(13)9(15)11(12)17/h2-5H2,1H3,(H,18,19). The van der Waals surface area contributed by atoms with Crippen LogP contribution < -0.4 is 5.32 Å². The minimum absolute atomic E-state index is 0.0483. The summed E-state index contributed by atoms with van der Waals surface area (Å²) in [6.07, 6.45) is 1.98. The van der Waals surface area contributed by atoms with Crippen molar-refractivity contribution >= 4 is 11.6 Å². The lowest BCUT2D eigenvalue weighted by Gasteiger charge is -2.09. The van der Waals surface area contributed by atoms with Gasteiger partial charge in [0.1, 0.15) is 5.69 Å². The Labute approximate surface area is 106 Å². The van der Waals surface area contributed by atoms with Gasteiger partial charge in [0, 0.05) is 6.42 Å². The van der Waals surface area contributed by atoms with E-state index in [1.54, 1.807) is 5.32 Å². The molecule has 1 amide bonds. The van der Waals surface area contributed by atoms with Gasteiger partial charge in [0.15, 0.2) is 23.3 Å². The normalized spacial score (nSPS) is 10.6. The van der Waals surface area contributed by atoms with E-state index < -0.39 is 40.7 Å². The van der Waals surface area contributed by atoms with Crippen LogP contribution in [0.3, 0.4) is 0 Å². The van der Waals surface area contributed by atoms with E-state index in [2.05, 4.69) is 0 Å². The number of unbranched alkanes of at least 4 members (excludes halogenated alkanes) is 2. The molecule has 0 unspecified atom stereocenters. The lowest BCUT2D eigenvalue weighted by Crippen LogP contribution is -2.16. The Kier molecular flexibility index (Phi) is 5.26. The first-order chi connectivity index (χ1) is 8.90. The summed E-state index contributed by atoms with van der Waals surface area (Å²) in [6.45, 7) is 1.89. The molecule has 7 heteroatoms. The van der Waals surface area contributed by atoms with Gasteiger partial charge in [-0.2, -0.15) is 0 Å². The van der Waals surface area contributed by atoms with E-state index in [0.29, 0.717) is 6.42 Å². The van der Waals surface area contributed by atoms with Gasteiger partial charge in [0.05, 0.1) is 0 Å². The fraction of sp³-hybridized carbons (Fsp3) is 0.417. The molecule has 2 nitrogen and oxygen atoms in total. The summed E-state index contributed by atoms with van der Waals surface area (Å²) in [4.78, 5) is 11.3. The quantitative estimate of drug-likeness (QED) is 0.377. The average molecular weight is 281 g/mol. The number of nitrogens with one attached hydrogen (secondary N) is 1. The first-order valence-electron chi connectivity index (χ1n) is 5.71. The number of benzene rings is 1. The molecule has 1 aromatic carbocycles. The highest BCUT2D eigenvalue weighted by Crippen LogP contribution is 2.27. The van der Waals surface area contributed by atoms with Crippen LogP contribution >= 0.6 is 0 Å². The van der Waals surface area contributed by atoms with Crippen molar-refractivity contribution < 1.29 is 26.7 Å². The molecule has 0 radical (unpaired) electrons. The fourth-order valence-electron chi connectivity index (χ4n) is 1.45.